The maximum absolute atomic E-state index is 10.1. The second kappa shape index (κ2) is 10.6. The van der Waals surface area contributed by atoms with E-state index in [1.807, 2.05) is 0 Å². The number of carbonyl (C=O) groups is 2. The average Bonchev–Trinajstić information content (AvgIpc) is 3.04. The van der Waals surface area contributed by atoms with Gasteiger partial charge >= 0.3 is 11.9 Å². The minimum Gasteiger partial charge on any atom is -0.481 e. The summed E-state index contributed by atoms with van der Waals surface area (Å²) in [5.74, 6) is -0.623. The van der Waals surface area contributed by atoms with Crippen molar-refractivity contribution in [2.24, 2.45) is 11.8 Å². The second-order valence-corrected chi connectivity index (χ2v) is 6.34. The van der Waals surface area contributed by atoms with E-state index in [1.165, 1.54) is 19.3 Å². The van der Waals surface area contributed by atoms with Crippen LogP contribution in [-0.2, 0) is 9.59 Å². The van der Waals surface area contributed by atoms with Crippen LogP contribution in [0.25, 0.3) is 0 Å². The van der Waals surface area contributed by atoms with Crippen LogP contribution in [0.3, 0.4) is 0 Å². The average molecular weight is 316 g/mol. The van der Waals surface area contributed by atoms with Gasteiger partial charge in [-0.2, -0.15) is 0 Å². The van der Waals surface area contributed by atoms with Crippen molar-refractivity contribution in [2.75, 3.05) is 0 Å². The van der Waals surface area contributed by atoms with Crippen LogP contribution >= 0.6 is 0 Å². The third-order valence-electron chi connectivity index (χ3n) is 4.46. The fraction of sp³-hybridized carbons (Fsp3) is 0.882. The number of carboxylic acid groups (broad SMARTS) is 2. The van der Waals surface area contributed by atoms with Crippen molar-refractivity contribution >= 4 is 11.9 Å². The van der Waals surface area contributed by atoms with Crippen molar-refractivity contribution in [3.8, 4) is 0 Å². The summed E-state index contributed by atoms with van der Waals surface area (Å²) in [5.41, 5.74) is -0.274. The van der Waals surface area contributed by atoms with Crippen LogP contribution in [0.1, 0.15) is 78.6 Å². The molecule has 0 radical (unpaired) electrons. The van der Waals surface area contributed by atoms with Crippen molar-refractivity contribution in [3.63, 3.8) is 0 Å². The predicted octanol–water partition coefficient (Wildman–Crippen LogP) is 3.69. The lowest BCUT2D eigenvalue weighted by Gasteiger charge is -2.21. The molecular formula is C17H32O5. The highest BCUT2D eigenvalue weighted by atomic mass is 16.4. The Kier molecular flexibility index (Phi) is 10.1. The van der Waals surface area contributed by atoms with Gasteiger partial charge < -0.3 is 15.3 Å². The standard InChI is InChI=1S/C11H22O.C6H10O4/c1-4-6-7-10(5-2)11(12)8-9(11)3;7-5(8)3-1-2-4-6(9)10/h9-10,12H,4-8H2,1-3H3;1-4H2,(H,7,8)(H,9,10). The van der Waals surface area contributed by atoms with E-state index in [4.69, 9.17) is 10.2 Å². The predicted molar refractivity (Wildman–Crippen MR) is 85.8 cm³/mol. The Bertz CT molecular complexity index is 326. The van der Waals surface area contributed by atoms with E-state index in [0.717, 1.165) is 12.8 Å². The zero-order valence-electron chi connectivity index (χ0n) is 14.2. The monoisotopic (exact) mass is 316 g/mol. The van der Waals surface area contributed by atoms with Crippen molar-refractivity contribution in [1.29, 1.82) is 0 Å². The Morgan fingerprint density at radius 1 is 1.09 bits per heavy atom. The van der Waals surface area contributed by atoms with E-state index in [1.54, 1.807) is 0 Å². The zero-order chi connectivity index (χ0) is 17.2. The molecule has 5 nitrogen and oxygen atoms in total. The number of aliphatic carboxylic acids is 2. The summed E-state index contributed by atoms with van der Waals surface area (Å²) in [5, 5.41) is 26.3. The van der Waals surface area contributed by atoms with Gasteiger partial charge in [-0.15, -0.1) is 0 Å². The van der Waals surface area contributed by atoms with Crippen LogP contribution < -0.4 is 0 Å². The van der Waals surface area contributed by atoms with E-state index >= 15 is 0 Å². The van der Waals surface area contributed by atoms with Gasteiger partial charge in [0.05, 0.1) is 5.60 Å². The van der Waals surface area contributed by atoms with Crippen LogP contribution in [0.4, 0.5) is 0 Å². The van der Waals surface area contributed by atoms with E-state index < -0.39 is 11.9 Å². The number of hydrogen-bond acceptors (Lipinski definition) is 3. The molecule has 3 unspecified atom stereocenters. The van der Waals surface area contributed by atoms with Gasteiger partial charge in [-0.3, -0.25) is 9.59 Å². The molecule has 0 aromatic rings. The van der Waals surface area contributed by atoms with Gasteiger partial charge in [0.15, 0.2) is 0 Å². The molecule has 1 aliphatic carbocycles. The fourth-order valence-electron chi connectivity index (χ4n) is 2.81. The first-order chi connectivity index (χ1) is 10.3. The maximum Gasteiger partial charge on any atom is 0.303 e. The lowest BCUT2D eigenvalue weighted by atomic mass is 9.90. The molecule has 5 heteroatoms. The van der Waals surface area contributed by atoms with Crippen LogP contribution in [0, 0.1) is 11.8 Å². The largest absolute Gasteiger partial charge is 0.481 e. The van der Waals surface area contributed by atoms with Gasteiger partial charge in [-0.05, 0) is 37.5 Å². The molecule has 0 aromatic heterocycles. The molecule has 1 saturated carbocycles. The summed E-state index contributed by atoms with van der Waals surface area (Å²) in [4.78, 5) is 19.8. The molecule has 1 fully saturated rings. The van der Waals surface area contributed by atoms with E-state index in [2.05, 4.69) is 20.8 Å². The smallest absolute Gasteiger partial charge is 0.303 e. The molecule has 0 spiro atoms. The molecule has 0 heterocycles. The lowest BCUT2D eigenvalue weighted by Crippen LogP contribution is -2.23. The van der Waals surface area contributed by atoms with Gasteiger partial charge in [-0.25, -0.2) is 0 Å². The zero-order valence-corrected chi connectivity index (χ0v) is 14.2. The van der Waals surface area contributed by atoms with Crippen molar-refractivity contribution in [1.82, 2.24) is 0 Å². The Morgan fingerprint density at radius 3 is 1.82 bits per heavy atom. The molecule has 0 aromatic carbocycles. The molecule has 3 atom stereocenters. The van der Waals surface area contributed by atoms with Gasteiger partial charge in [0.2, 0.25) is 0 Å². The summed E-state index contributed by atoms with van der Waals surface area (Å²) >= 11 is 0. The first-order valence-corrected chi connectivity index (χ1v) is 8.43. The Morgan fingerprint density at radius 2 is 1.55 bits per heavy atom. The first-order valence-electron chi connectivity index (χ1n) is 8.43. The third-order valence-corrected chi connectivity index (χ3v) is 4.46. The molecule has 22 heavy (non-hydrogen) atoms. The van der Waals surface area contributed by atoms with Gasteiger partial charge in [0.25, 0.3) is 0 Å². The maximum atomic E-state index is 10.1. The van der Waals surface area contributed by atoms with E-state index in [-0.39, 0.29) is 18.4 Å². The van der Waals surface area contributed by atoms with Crippen LogP contribution in [0.2, 0.25) is 0 Å². The van der Waals surface area contributed by atoms with Crippen LogP contribution in [0.15, 0.2) is 0 Å². The minimum atomic E-state index is -0.870. The first kappa shape index (κ1) is 20.9. The molecule has 3 N–H and O–H groups in total. The molecule has 0 saturated heterocycles. The molecule has 130 valence electrons. The van der Waals surface area contributed by atoms with Gasteiger partial charge in [0.1, 0.15) is 0 Å². The number of carboxylic acids is 2. The number of hydrogen-bond donors (Lipinski definition) is 3. The summed E-state index contributed by atoms with van der Waals surface area (Å²) < 4.78 is 0. The highest BCUT2D eigenvalue weighted by Crippen LogP contribution is 2.51. The topological polar surface area (TPSA) is 94.8 Å². The molecule has 1 aliphatic rings. The number of rotatable bonds is 10. The normalized spacial score (nSPS) is 24.1. The van der Waals surface area contributed by atoms with E-state index in [0.29, 0.717) is 24.7 Å². The van der Waals surface area contributed by atoms with Crippen LogP contribution in [0.5, 0.6) is 0 Å². The number of unbranched alkanes of at least 4 members (excludes halogenated alkanes) is 2. The quantitative estimate of drug-likeness (QED) is 0.534. The van der Waals surface area contributed by atoms with Crippen molar-refractivity contribution < 1.29 is 24.9 Å². The minimum absolute atomic E-state index is 0.0628. The molecule has 0 amide bonds. The Hall–Kier alpha value is -1.10. The number of aliphatic hydroxyl groups is 1. The summed E-state index contributed by atoms with van der Waals surface area (Å²) in [7, 11) is 0. The molecule has 1 rings (SSSR count). The van der Waals surface area contributed by atoms with Gasteiger partial charge in [-0.1, -0.05) is 40.0 Å². The third kappa shape index (κ3) is 8.37. The highest BCUT2D eigenvalue weighted by Gasteiger charge is 2.53. The highest BCUT2D eigenvalue weighted by molar-refractivity contribution is 5.67. The van der Waals surface area contributed by atoms with Crippen LogP contribution in [-0.4, -0.2) is 32.9 Å². The second-order valence-electron chi connectivity index (χ2n) is 6.34. The Labute approximate surface area is 133 Å². The molecular weight excluding hydrogens is 284 g/mol. The fourth-order valence-corrected chi connectivity index (χ4v) is 2.81. The molecule has 0 bridgehead atoms. The summed E-state index contributed by atoms with van der Waals surface area (Å²) in [6.45, 7) is 6.57. The van der Waals surface area contributed by atoms with Crippen molar-refractivity contribution in [3.05, 3.63) is 0 Å². The summed E-state index contributed by atoms with van der Waals surface area (Å²) in [6, 6.07) is 0. The SMILES string of the molecule is CCCCC(CC)C1(O)CC1C.O=C(O)CCCCC(=O)O. The van der Waals surface area contributed by atoms with Gasteiger partial charge in [0, 0.05) is 12.8 Å². The van der Waals surface area contributed by atoms with E-state index in [9.17, 15) is 14.7 Å². The lowest BCUT2D eigenvalue weighted by molar-refractivity contribution is -0.139. The summed E-state index contributed by atoms with van der Waals surface area (Å²) in [6.07, 6.45) is 6.93. The van der Waals surface area contributed by atoms with Crippen molar-refractivity contribution in [2.45, 2.75) is 84.2 Å². The Balaban J connectivity index is 0.000000409. The molecule has 0 aliphatic heterocycles.